The summed E-state index contributed by atoms with van der Waals surface area (Å²) in [5, 5.41) is 2.84. The lowest BCUT2D eigenvalue weighted by atomic mass is 10.1. The molecule has 166 valence electrons. The van der Waals surface area contributed by atoms with E-state index in [1.165, 1.54) is 29.4 Å². The molecular weight excluding hydrogens is 440 g/mol. The molecule has 2 aromatic rings. The highest BCUT2D eigenvalue weighted by atomic mass is 35.5. The van der Waals surface area contributed by atoms with Gasteiger partial charge in [0, 0.05) is 13.1 Å². The van der Waals surface area contributed by atoms with Crippen LogP contribution >= 0.6 is 11.6 Å². The summed E-state index contributed by atoms with van der Waals surface area (Å²) in [5.74, 6) is -1.33. The summed E-state index contributed by atoms with van der Waals surface area (Å²) in [4.78, 5) is 25.1. The Labute approximate surface area is 187 Å². The second-order valence-corrected chi connectivity index (χ2v) is 9.79. The molecule has 2 unspecified atom stereocenters. The van der Waals surface area contributed by atoms with Crippen molar-refractivity contribution < 1.29 is 22.7 Å². The molecule has 1 saturated heterocycles. The first-order valence-electron chi connectivity index (χ1n) is 10.1. The van der Waals surface area contributed by atoms with E-state index in [1.807, 2.05) is 37.3 Å². The van der Waals surface area contributed by atoms with Crippen LogP contribution < -0.4 is 5.32 Å². The van der Waals surface area contributed by atoms with E-state index in [0.29, 0.717) is 13.1 Å². The first-order chi connectivity index (χ1) is 14.7. The molecule has 1 N–H and O–H groups in total. The number of sulfonamides is 1. The third kappa shape index (κ3) is 5.44. The molecule has 0 bridgehead atoms. The number of ether oxygens (including phenoxy) is 1. The third-order valence-electron chi connectivity index (χ3n) is 5.17. The lowest BCUT2D eigenvalue weighted by molar-refractivity contribution is -0.129. The minimum Gasteiger partial charge on any atom is -0.449 e. The summed E-state index contributed by atoms with van der Waals surface area (Å²) < 4.78 is 32.2. The van der Waals surface area contributed by atoms with Gasteiger partial charge in [-0.2, -0.15) is 4.31 Å². The standard InChI is InChI=1S/C22H25ClN2O5S/c1-15(17-8-4-3-5-9-17)24-21(26)16(2)30-22(27)19-14-18(10-11-20(19)23)31(28,29)25-12-6-7-13-25/h3-5,8-11,14-16H,6-7,12-13H2,1-2H3,(H,24,26). The Bertz CT molecular complexity index is 1050. The lowest BCUT2D eigenvalue weighted by Gasteiger charge is -2.19. The van der Waals surface area contributed by atoms with Crippen molar-refractivity contribution in [1.82, 2.24) is 9.62 Å². The highest BCUT2D eigenvalue weighted by molar-refractivity contribution is 7.89. The first-order valence-corrected chi connectivity index (χ1v) is 11.9. The van der Waals surface area contributed by atoms with Crippen LogP contribution in [0, 0.1) is 0 Å². The maximum Gasteiger partial charge on any atom is 0.340 e. The Balaban J connectivity index is 1.70. The average Bonchev–Trinajstić information content (AvgIpc) is 3.30. The summed E-state index contributed by atoms with van der Waals surface area (Å²) in [6.07, 6.45) is 0.513. The molecule has 0 aliphatic carbocycles. The molecule has 1 aliphatic rings. The van der Waals surface area contributed by atoms with Gasteiger partial charge in [0.2, 0.25) is 10.0 Å². The van der Waals surface area contributed by atoms with Gasteiger partial charge in [-0.3, -0.25) is 4.79 Å². The zero-order valence-corrected chi connectivity index (χ0v) is 18.9. The predicted octanol–water partition coefficient (Wildman–Crippen LogP) is 3.55. The Morgan fingerprint density at radius 2 is 1.71 bits per heavy atom. The highest BCUT2D eigenvalue weighted by Gasteiger charge is 2.29. The van der Waals surface area contributed by atoms with Gasteiger partial charge in [0.15, 0.2) is 6.10 Å². The summed E-state index contributed by atoms with van der Waals surface area (Å²) in [6, 6.07) is 13.0. The van der Waals surface area contributed by atoms with E-state index in [4.69, 9.17) is 16.3 Å². The summed E-state index contributed by atoms with van der Waals surface area (Å²) in [7, 11) is -3.72. The number of esters is 1. The molecule has 31 heavy (non-hydrogen) atoms. The monoisotopic (exact) mass is 464 g/mol. The Kier molecular flexibility index (Phi) is 7.35. The van der Waals surface area contributed by atoms with Crippen molar-refractivity contribution in [3.63, 3.8) is 0 Å². The van der Waals surface area contributed by atoms with E-state index >= 15 is 0 Å². The van der Waals surface area contributed by atoms with E-state index in [2.05, 4.69) is 5.32 Å². The predicted molar refractivity (Wildman–Crippen MR) is 117 cm³/mol. The fraction of sp³-hybridized carbons (Fsp3) is 0.364. The van der Waals surface area contributed by atoms with Crippen LogP contribution in [0.2, 0.25) is 5.02 Å². The number of nitrogens with one attached hydrogen (secondary N) is 1. The SMILES string of the molecule is CC(OC(=O)c1cc(S(=O)(=O)N2CCCC2)ccc1Cl)C(=O)NC(C)c1ccccc1. The van der Waals surface area contributed by atoms with Crippen LogP contribution in [0.3, 0.4) is 0 Å². The number of halogens is 1. The topological polar surface area (TPSA) is 92.8 Å². The van der Waals surface area contributed by atoms with E-state index in [1.54, 1.807) is 0 Å². The minimum atomic E-state index is -3.72. The number of carbonyl (C=O) groups excluding carboxylic acids is 2. The van der Waals surface area contributed by atoms with Crippen molar-refractivity contribution in [2.75, 3.05) is 13.1 Å². The fourth-order valence-electron chi connectivity index (χ4n) is 3.33. The third-order valence-corrected chi connectivity index (χ3v) is 7.40. The number of amides is 1. The number of nitrogens with zero attached hydrogens (tertiary/aromatic N) is 1. The van der Waals surface area contributed by atoms with Crippen molar-refractivity contribution in [1.29, 1.82) is 0 Å². The van der Waals surface area contributed by atoms with Crippen LogP contribution in [0.4, 0.5) is 0 Å². The van der Waals surface area contributed by atoms with Gasteiger partial charge < -0.3 is 10.1 Å². The molecule has 7 nitrogen and oxygen atoms in total. The van der Waals surface area contributed by atoms with E-state index in [-0.39, 0.29) is 21.5 Å². The summed E-state index contributed by atoms with van der Waals surface area (Å²) in [6.45, 7) is 4.16. The zero-order valence-electron chi connectivity index (χ0n) is 17.4. The molecule has 1 amide bonds. The molecule has 0 spiro atoms. The second-order valence-electron chi connectivity index (χ2n) is 7.44. The van der Waals surface area contributed by atoms with Gasteiger partial charge in [-0.05, 0) is 50.5 Å². The Morgan fingerprint density at radius 3 is 2.35 bits per heavy atom. The molecule has 1 aliphatic heterocycles. The van der Waals surface area contributed by atoms with Crippen molar-refractivity contribution >= 4 is 33.5 Å². The molecule has 1 fully saturated rings. The van der Waals surface area contributed by atoms with Gasteiger partial charge in [-0.15, -0.1) is 0 Å². The molecule has 0 radical (unpaired) electrons. The Hall–Kier alpha value is -2.42. The van der Waals surface area contributed by atoms with Crippen LogP contribution in [-0.4, -0.2) is 43.8 Å². The largest absolute Gasteiger partial charge is 0.449 e. The molecule has 0 aromatic heterocycles. The van der Waals surface area contributed by atoms with Crippen LogP contribution in [-0.2, 0) is 19.6 Å². The number of hydrogen-bond acceptors (Lipinski definition) is 5. The molecule has 2 aromatic carbocycles. The maximum absolute atomic E-state index is 12.8. The average molecular weight is 465 g/mol. The maximum atomic E-state index is 12.8. The van der Waals surface area contributed by atoms with Gasteiger partial charge in [0.1, 0.15) is 0 Å². The summed E-state index contributed by atoms with van der Waals surface area (Å²) in [5.41, 5.74) is 0.815. The first kappa shape index (κ1) is 23.2. The van der Waals surface area contributed by atoms with Gasteiger partial charge in [-0.1, -0.05) is 41.9 Å². The highest BCUT2D eigenvalue weighted by Crippen LogP contribution is 2.26. The van der Waals surface area contributed by atoms with Crippen LogP contribution in [0.25, 0.3) is 0 Å². The van der Waals surface area contributed by atoms with Gasteiger partial charge in [-0.25, -0.2) is 13.2 Å². The fourth-order valence-corrected chi connectivity index (χ4v) is 5.07. The Morgan fingerprint density at radius 1 is 1.06 bits per heavy atom. The minimum absolute atomic E-state index is 0.0273. The smallest absolute Gasteiger partial charge is 0.340 e. The van der Waals surface area contributed by atoms with Crippen LogP contribution in [0.1, 0.15) is 48.7 Å². The number of benzene rings is 2. The molecule has 0 saturated carbocycles. The number of rotatable bonds is 7. The van der Waals surface area contributed by atoms with Crippen molar-refractivity contribution in [3.8, 4) is 0 Å². The molecule has 9 heteroatoms. The molecule has 1 heterocycles. The zero-order chi connectivity index (χ0) is 22.6. The number of carbonyl (C=O) groups is 2. The van der Waals surface area contributed by atoms with Crippen molar-refractivity contribution in [2.45, 2.75) is 43.7 Å². The van der Waals surface area contributed by atoms with Gasteiger partial charge in [0.25, 0.3) is 5.91 Å². The normalized spacial score (nSPS) is 16.5. The van der Waals surface area contributed by atoms with Crippen molar-refractivity contribution in [3.05, 3.63) is 64.7 Å². The van der Waals surface area contributed by atoms with E-state index in [9.17, 15) is 18.0 Å². The van der Waals surface area contributed by atoms with Crippen LogP contribution in [0.15, 0.2) is 53.4 Å². The molecular formula is C22H25ClN2O5S. The van der Waals surface area contributed by atoms with Gasteiger partial charge in [0.05, 0.1) is 21.5 Å². The van der Waals surface area contributed by atoms with Gasteiger partial charge >= 0.3 is 5.97 Å². The number of hydrogen-bond donors (Lipinski definition) is 1. The van der Waals surface area contributed by atoms with Crippen molar-refractivity contribution in [2.24, 2.45) is 0 Å². The second kappa shape index (κ2) is 9.80. The molecule has 3 rings (SSSR count). The molecule has 2 atom stereocenters. The van der Waals surface area contributed by atoms with E-state index < -0.39 is 28.0 Å². The van der Waals surface area contributed by atoms with E-state index in [0.717, 1.165) is 18.4 Å². The lowest BCUT2D eigenvalue weighted by Crippen LogP contribution is -2.37. The summed E-state index contributed by atoms with van der Waals surface area (Å²) >= 11 is 6.12. The quantitative estimate of drug-likeness (QED) is 0.632. The van der Waals surface area contributed by atoms with Crippen LogP contribution in [0.5, 0.6) is 0 Å².